The van der Waals surface area contributed by atoms with E-state index in [2.05, 4.69) is 10.1 Å². The molecule has 3 aliphatic rings. The second-order valence-corrected chi connectivity index (χ2v) is 10.1. The Morgan fingerprint density at radius 3 is 2.75 bits per heavy atom. The van der Waals surface area contributed by atoms with Crippen molar-refractivity contribution < 1.29 is 14.3 Å². The number of nitrogens with one attached hydrogen (secondary N) is 1. The van der Waals surface area contributed by atoms with Crippen LogP contribution in [0.3, 0.4) is 0 Å². The number of carbonyl (C=O) groups excluding carboxylic acids is 2. The standard InChI is InChI=1S/C26H24ClN5O3S/c1-16-6-2-3-7-18(16)15-35-21-9-8-17(13-20(21)27)12-19-24(28)32-26(29-25(19)34)36-22(30-32)14-23(33)31-10-4-5-11-31/h2-3,6-9,12-13,28H,4-5,10-11,14-15H2,1H3/b19-12-,28-24?. The van der Waals surface area contributed by atoms with Crippen molar-refractivity contribution in [1.29, 1.82) is 5.41 Å². The number of benzene rings is 2. The molecule has 8 nitrogen and oxygen atoms in total. The first-order valence-electron chi connectivity index (χ1n) is 11.6. The number of hydrogen-bond donors (Lipinski definition) is 1. The summed E-state index contributed by atoms with van der Waals surface area (Å²) in [7, 11) is 0. The summed E-state index contributed by atoms with van der Waals surface area (Å²) in [6.07, 6.45) is 3.73. The predicted octanol–water partition coefficient (Wildman–Crippen LogP) is 4.86. The van der Waals surface area contributed by atoms with Crippen LogP contribution in [0.25, 0.3) is 6.08 Å². The van der Waals surface area contributed by atoms with Crippen molar-refractivity contribution in [2.24, 2.45) is 10.1 Å². The Labute approximate surface area is 218 Å². The van der Waals surface area contributed by atoms with Crippen molar-refractivity contribution in [2.45, 2.75) is 32.8 Å². The van der Waals surface area contributed by atoms with Crippen LogP contribution in [0.4, 0.5) is 0 Å². The number of aryl methyl sites for hydroxylation is 1. The van der Waals surface area contributed by atoms with Gasteiger partial charge in [-0.05, 0) is 66.4 Å². The number of amidine groups is 2. The summed E-state index contributed by atoms with van der Waals surface area (Å²) in [6, 6.07) is 13.2. The molecule has 0 radical (unpaired) electrons. The van der Waals surface area contributed by atoms with Gasteiger partial charge in [0.15, 0.2) is 5.84 Å². The Hall–Kier alpha value is -3.43. The van der Waals surface area contributed by atoms with Crippen LogP contribution in [0.1, 0.15) is 36.0 Å². The number of fused-ring (bicyclic) bond motifs is 1. The zero-order chi connectivity index (χ0) is 25.2. The number of aliphatic imine (C=N–C) groups is 1. The number of halogens is 1. The zero-order valence-electron chi connectivity index (χ0n) is 19.7. The van der Waals surface area contributed by atoms with E-state index >= 15 is 0 Å². The smallest absolute Gasteiger partial charge is 0.283 e. The van der Waals surface area contributed by atoms with Gasteiger partial charge >= 0.3 is 0 Å². The number of rotatable bonds is 6. The number of thioether (sulfide) groups is 1. The highest BCUT2D eigenvalue weighted by Crippen LogP contribution is 2.31. The first kappa shape index (κ1) is 24.3. The number of ether oxygens (including phenoxy) is 1. The molecular weight excluding hydrogens is 498 g/mol. The van der Waals surface area contributed by atoms with Crippen molar-refractivity contribution in [1.82, 2.24) is 9.91 Å². The quantitative estimate of drug-likeness (QED) is 0.547. The van der Waals surface area contributed by atoms with Crippen LogP contribution in [0.2, 0.25) is 5.02 Å². The van der Waals surface area contributed by atoms with E-state index in [1.807, 2.05) is 36.1 Å². The fourth-order valence-corrected chi connectivity index (χ4v) is 5.25. The van der Waals surface area contributed by atoms with Gasteiger partial charge in [-0.25, -0.2) is 0 Å². The summed E-state index contributed by atoms with van der Waals surface area (Å²) in [6.45, 7) is 3.94. The second-order valence-electron chi connectivity index (χ2n) is 8.68. The maximum absolute atomic E-state index is 12.7. The van der Waals surface area contributed by atoms with Crippen molar-refractivity contribution in [3.63, 3.8) is 0 Å². The number of likely N-dealkylation sites (tertiary alicyclic amines) is 1. The van der Waals surface area contributed by atoms with Crippen LogP contribution in [0.5, 0.6) is 5.75 Å². The van der Waals surface area contributed by atoms with Crippen LogP contribution in [-0.4, -0.2) is 50.9 Å². The molecule has 0 bridgehead atoms. The molecule has 3 aliphatic heterocycles. The summed E-state index contributed by atoms with van der Waals surface area (Å²) in [5.74, 6) is -0.0818. The monoisotopic (exact) mass is 521 g/mol. The summed E-state index contributed by atoms with van der Waals surface area (Å²) in [4.78, 5) is 31.1. The maximum Gasteiger partial charge on any atom is 0.283 e. The van der Waals surface area contributed by atoms with E-state index in [1.54, 1.807) is 24.3 Å². The zero-order valence-corrected chi connectivity index (χ0v) is 21.2. The molecule has 1 N–H and O–H groups in total. The molecule has 2 aromatic rings. The van der Waals surface area contributed by atoms with E-state index in [4.69, 9.17) is 21.7 Å². The van der Waals surface area contributed by atoms with Gasteiger partial charge < -0.3 is 9.64 Å². The Kier molecular flexibility index (Phi) is 6.93. The lowest BCUT2D eigenvalue weighted by Crippen LogP contribution is -2.35. The third-order valence-electron chi connectivity index (χ3n) is 6.17. The average molecular weight is 522 g/mol. The SMILES string of the molecule is Cc1ccccc1COc1ccc(/C=C2/C(=N)N3N=C(CC(=O)N4CCCC4)SC3=NC2=O)cc1Cl. The average Bonchev–Trinajstić information content (AvgIpc) is 3.53. The highest BCUT2D eigenvalue weighted by Gasteiger charge is 2.36. The Bertz CT molecular complexity index is 1350. The van der Waals surface area contributed by atoms with Gasteiger partial charge in [0.25, 0.3) is 5.91 Å². The minimum atomic E-state index is -0.530. The molecule has 0 atom stereocenters. The molecule has 2 amide bonds. The molecule has 10 heteroatoms. The lowest BCUT2D eigenvalue weighted by molar-refractivity contribution is -0.128. The van der Waals surface area contributed by atoms with Gasteiger partial charge in [-0.3, -0.25) is 15.0 Å². The fourth-order valence-electron chi connectivity index (χ4n) is 4.13. The number of hydrogen-bond acceptors (Lipinski definition) is 6. The first-order valence-corrected chi connectivity index (χ1v) is 12.8. The lowest BCUT2D eigenvalue weighted by atomic mass is 10.1. The Morgan fingerprint density at radius 2 is 2.00 bits per heavy atom. The Balaban J connectivity index is 1.29. The van der Waals surface area contributed by atoms with E-state index in [1.165, 1.54) is 5.01 Å². The van der Waals surface area contributed by atoms with Crippen molar-refractivity contribution in [2.75, 3.05) is 13.1 Å². The third kappa shape index (κ3) is 5.08. The third-order valence-corrected chi connectivity index (χ3v) is 7.37. The van der Waals surface area contributed by atoms with E-state index in [0.29, 0.717) is 33.2 Å². The largest absolute Gasteiger partial charge is 0.487 e. The van der Waals surface area contributed by atoms with Crippen molar-refractivity contribution in [3.05, 3.63) is 69.8 Å². The number of carbonyl (C=O) groups is 2. The predicted molar refractivity (Wildman–Crippen MR) is 142 cm³/mol. The van der Waals surface area contributed by atoms with Crippen molar-refractivity contribution in [3.8, 4) is 5.75 Å². The van der Waals surface area contributed by atoms with Crippen LogP contribution >= 0.6 is 23.4 Å². The van der Waals surface area contributed by atoms with Gasteiger partial charge in [-0.15, -0.1) is 0 Å². The molecule has 2 aromatic carbocycles. The molecule has 0 saturated carbocycles. The second kappa shape index (κ2) is 10.3. The molecule has 5 rings (SSSR count). The van der Waals surface area contributed by atoms with Gasteiger partial charge in [-0.2, -0.15) is 15.1 Å². The number of nitrogens with zero attached hydrogens (tertiary/aromatic N) is 4. The van der Waals surface area contributed by atoms with Gasteiger partial charge in [-0.1, -0.05) is 41.9 Å². The normalized spacial score (nSPS) is 18.4. The molecule has 1 saturated heterocycles. The van der Waals surface area contributed by atoms with Crippen LogP contribution in [0.15, 0.2) is 58.1 Å². The van der Waals surface area contributed by atoms with E-state index in [0.717, 1.165) is 48.8 Å². The van der Waals surface area contributed by atoms with Crippen LogP contribution in [-0.2, 0) is 16.2 Å². The highest BCUT2D eigenvalue weighted by atomic mass is 35.5. The fraction of sp³-hybridized carbons (Fsp3) is 0.269. The summed E-state index contributed by atoms with van der Waals surface area (Å²) < 4.78 is 5.88. The molecule has 184 valence electrons. The number of hydrazone groups is 1. The topological polar surface area (TPSA) is 98.4 Å². The van der Waals surface area contributed by atoms with E-state index < -0.39 is 5.91 Å². The lowest BCUT2D eigenvalue weighted by Gasteiger charge is -2.20. The van der Waals surface area contributed by atoms with Gasteiger partial charge in [0.05, 0.1) is 17.0 Å². The van der Waals surface area contributed by atoms with E-state index in [9.17, 15) is 9.59 Å². The first-order chi connectivity index (χ1) is 17.4. The minimum absolute atomic E-state index is 0.00666. The summed E-state index contributed by atoms with van der Waals surface area (Å²) >= 11 is 7.60. The van der Waals surface area contributed by atoms with Gasteiger partial charge in [0.2, 0.25) is 11.1 Å². The molecule has 0 spiro atoms. The number of amides is 2. The van der Waals surface area contributed by atoms with Gasteiger partial charge in [0, 0.05) is 13.1 Å². The van der Waals surface area contributed by atoms with Crippen LogP contribution < -0.4 is 4.74 Å². The summed E-state index contributed by atoms with van der Waals surface area (Å²) in [5.41, 5.74) is 2.94. The van der Waals surface area contributed by atoms with Gasteiger partial charge in [0.1, 0.15) is 17.4 Å². The molecule has 0 unspecified atom stereocenters. The molecule has 0 aromatic heterocycles. The molecule has 3 heterocycles. The molecule has 36 heavy (non-hydrogen) atoms. The summed E-state index contributed by atoms with van der Waals surface area (Å²) in [5, 5.41) is 15.5. The van der Waals surface area contributed by atoms with Crippen LogP contribution in [0, 0.1) is 12.3 Å². The maximum atomic E-state index is 12.7. The van der Waals surface area contributed by atoms with E-state index in [-0.39, 0.29) is 23.7 Å². The Morgan fingerprint density at radius 1 is 1.22 bits per heavy atom. The van der Waals surface area contributed by atoms with Crippen molar-refractivity contribution >= 4 is 57.3 Å². The highest BCUT2D eigenvalue weighted by molar-refractivity contribution is 8.27. The molecule has 0 aliphatic carbocycles. The molecular formula is C26H24ClN5O3S. The molecule has 1 fully saturated rings. The minimum Gasteiger partial charge on any atom is -0.487 e.